The van der Waals surface area contributed by atoms with E-state index in [0.717, 1.165) is 51.4 Å². The van der Waals surface area contributed by atoms with E-state index in [1.807, 2.05) is 6.08 Å². The Morgan fingerprint density at radius 3 is 1.05 bits per heavy atom. The predicted molar refractivity (Wildman–Crippen MR) is 406 cm³/mol. The van der Waals surface area contributed by atoms with Gasteiger partial charge in [0.25, 0.3) is 0 Å². The zero-order valence-corrected chi connectivity index (χ0v) is 63.8. The molecule has 3 heterocycles. The summed E-state index contributed by atoms with van der Waals surface area (Å²) in [5.74, 6) is -0.281. The summed E-state index contributed by atoms with van der Waals surface area (Å²) in [5.41, 5.74) is 0. The molecule has 17 unspecified atom stereocenters. The van der Waals surface area contributed by atoms with Crippen molar-refractivity contribution in [3.8, 4) is 0 Å². The topological polar surface area (TPSA) is 307 Å². The van der Waals surface area contributed by atoms with Gasteiger partial charge in [-0.1, -0.05) is 312 Å². The number of aliphatic hydroxyl groups is 11. The molecule has 3 aliphatic rings. The molecule has 3 aliphatic heterocycles. The third-order valence-corrected chi connectivity index (χ3v) is 20.5. The Balaban J connectivity index is 1.36. The summed E-state index contributed by atoms with van der Waals surface area (Å²) in [5, 5.41) is 121. The molecule has 0 spiro atoms. The lowest BCUT2D eigenvalue weighted by molar-refractivity contribution is -0.379. The third kappa shape index (κ3) is 42.9. The molecule has 0 saturated carbocycles. The van der Waals surface area contributed by atoms with E-state index in [-0.39, 0.29) is 18.9 Å². The number of ether oxygens (including phenoxy) is 6. The van der Waals surface area contributed by atoms with E-state index in [0.29, 0.717) is 12.8 Å². The van der Waals surface area contributed by atoms with Crippen LogP contribution in [-0.4, -0.2) is 193 Å². The molecule has 0 bridgehead atoms. The maximum atomic E-state index is 13.5. The van der Waals surface area contributed by atoms with Gasteiger partial charge in [0, 0.05) is 6.42 Å². The SMILES string of the molecule is CCCCCCC/C=C\C/C=C\C/C=C\CCCCCCCCCCCCCCCCCCCCC(=O)NC(COC1OC(CO)C(OC2OC(CO)C(OC3OC(CO)C(O)C(O)C3O)C(O)C2O)C(O)C1O)C(O)/C=C/CC/C=C/CCCCCCCCCCCCCCCCCCCC. The number of amides is 1. The Morgan fingerprint density at radius 2 is 0.657 bits per heavy atom. The first-order valence-electron chi connectivity index (χ1n) is 41.5. The molecule has 0 aromatic rings. The Hall–Kier alpha value is -2.51. The molecule has 1 amide bonds. The van der Waals surface area contributed by atoms with Crippen LogP contribution in [0.1, 0.15) is 328 Å². The fourth-order valence-electron chi connectivity index (χ4n) is 13.9. The van der Waals surface area contributed by atoms with Crippen LogP contribution in [0.5, 0.6) is 0 Å². The number of carbonyl (C=O) groups is 1. The van der Waals surface area contributed by atoms with Gasteiger partial charge >= 0.3 is 0 Å². The van der Waals surface area contributed by atoms with E-state index in [9.17, 15) is 61.0 Å². The molecule has 0 aromatic carbocycles. The molecular formula is C83H151NO18. The summed E-state index contributed by atoms with van der Waals surface area (Å²) < 4.78 is 34.5. The van der Waals surface area contributed by atoms with Crippen molar-refractivity contribution in [1.82, 2.24) is 5.32 Å². The Labute approximate surface area is 617 Å². The van der Waals surface area contributed by atoms with E-state index in [2.05, 4.69) is 67.8 Å². The average Bonchev–Trinajstić information content (AvgIpc) is 0.781. The molecular weight excluding hydrogens is 1300 g/mol. The highest BCUT2D eigenvalue weighted by molar-refractivity contribution is 5.76. The van der Waals surface area contributed by atoms with E-state index < -0.39 is 124 Å². The number of nitrogens with one attached hydrogen (secondary N) is 1. The predicted octanol–water partition coefficient (Wildman–Crippen LogP) is 14.2. The fraction of sp³-hybridized carbons (Fsp3) is 0.867. The van der Waals surface area contributed by atoms with Crippen LogP contribution in [0.25, 0.3) is 0 Å². The number of rotatable bonds is 66. The number of hydrogen-bond acceptors (Lipinski definition) is 18. The molecule has 19 nitrogen and oxygen atoms in total. The molecule has 0 aromatic heterocycles. The van der Waals surface area contributed by atoms with Gasteiger partial charge in [-0.3, -0.25) is 4.79 Å². The summed E-state index contributed by atoms with van der Waals surface area (Å²) in [6.45, 7) is 1.75. The molecule has 596 valence electrons. The molecule has 3 rings (SSSR count). The number of allylic oxidation sites excluding steroid dienone is 9. The van der Waals surface area contributed by atoms with Crippen molar-refractivity contribution in [1.29, 1.82) is 0 Å². The summed E-state index contributed by atoms with van der Waals surface area (Å²) in [4.78, 5) is 13.5. The second-order valence-electron chi connectivity index (χ2n) is 29.6. The van der Waals surface area contributed by atoms with Crippen LogP contribution < -0.4 is 5.32 Å². The quantitative estimate of drug-likeness (QED) is 0.0199. The van der Waals surface area contributed by atoms with Gasteiger partial charge in [0.2, 0.25) is 5.91 Å². The fourth-order valence-corrected chi connectivity index (χ4v) is 13.9. The normalized spacial score (nSPS) is 26.5. The number of carbonyl (C=O) groups excluding carboxylic acids is 1. The monoisotopic (exact) mass is 1450 g/mol. The minimum Gasteiger partial charge on any atom is -0.394 e. The van der Waals surface area contributed by atoms with E-state index >= 15 is 0 Å². The van der Waals surface area contributed by atoms with Gasteiger partial charge < -0.3 is 89.9 Å². The van der Waals surface area contributed by atoms with Gasteiger partial charge in [0.05, 0.1) is 38.6 Å². The molecule has 0 aliphatic carbocycles. The Morgan fingerprint density at radius 1 is 0.353 bits per heavy atom. The Kier molecular flexibility index (Phi) is 58.3. The third-order valence-electron chi connectivity index (χ3n) is 20.5. The van der Waals surface area contributed by atoms with Gasteiger partial charge in [-0.15, -0.1) is 0 Å². The minimum atomic E-state index is -1.98. The van der Waals surface area contributed by atoms with Crippen LogP contribution in [-0.2, 0) is 33.2 Å². The van der Waals surface area contributed by atoms with Crippen molar-refractivity contribution in [3.63, 3.8) is 0 Å². The highest BCUT2D eigenvalue weighted by atomic mass is 16.8. The van der Waals surface area contributed by atoms with Crippen molar-refractivity contribution >= 4 is 5.91 Å². The van der Waals surface area contributed by atoms with Gasteiger partial charge in [0.1, 0.15) is 73.2 Å². The van der Waals surface area contributed by atoms with Gasteiger partial charge in [0.15, 0.2) is 18.9 Å². The lowest BCUT2D eigenvalue weighted by Crippen LogP contribution is -2.66. The van der Waals surface area contributed by atoms with Crippen LogP contribution in [0, 0.1) is 0 Å². The smallest absolute Gasteiger partial charge is 0.220 e. The molecule has 3 fully saturated rings. The van der Waals surface area contributed by atoms with E-state index in [4.69, 9.17) is 28.4 Å². The minimum absolute atomic E-state index is 0.236. The number of unbranched alkanes of at least 4 members (excludes halogenated alkanes) is 42. The zero-order chi connectivity index (χ0) is 73.9. The first kappa shape index (κ1) is 93.7. The summed E-state index contributed by atoms with van der Waals surface area (Å²) in [7, 11) is 0. The van der Waals surface area contributed by atoms with Crippen LogP contribution >= 0.6 is 0 Å². The second-order valence-corrected chi connectivity index (χ2v) is 29.6. The molecule has 3 saturated heterocycles. The van der Waals surface area contributed by atoms with E-state index in [1.54, 1.807) is 6.08 Å². The van der Waals surface area contributed by atoms with Crippen LogP contribution in [0.3, 0.4) is 0 Å². The Bertz CT molecular complexity index is 2080. The largest absolute Gasteiger partial charge is 0.394 e. The van der Waals surface area contributed by atoms with Crippen molar-refractivity contribution in [2.75, 3.05) is 26.4 Å². The molecule has 19 heteroatoms. The van der Waals surface area contributed by atoms with Gasteiger partial charge in [-0.2, -0.15) is 0 Å². The lowest BCUT2D eigenvalue weighted by Gasteiger charge is -2.48. The van der Waals surface area contributed by atoms with Crippen molar-refractivity contribution in [2.45, 2.75) is 433 Å². The summed E-state index contributed by atoms with van der Waals surface area (Å²) in [6.07, 6.45) is 55.0. The summed E-state index contributed by atoms with van der Waals surface area (Å²) in [6, 6.07) is -0.993. The first-order chi connectivity index (χ1) is 49.8. The van der Waals surface area contributed by atoms with Crippen molar-refractivity contribution in [3.05, 3.63) is 60.8 Å². The van der Waals surface area contributed by atoms with Crippen molar-refractivity contribution < 1.29 is 89.4 Å². The summed E-state index contributed by atoms with van der Waals surface area (Å²) >= 11 is 0. The molecule has 102 heavy (non-hydrogen) atoms. The zero-order valence-electron chi connectivity index (χ0n) is 63.8. The molecule has 0 radical (unpaired) electrons. The lowest BCUT2D eigenvalue weighted by atomic mass is 9.96. The average molecular weight is 1450 g/mol. The molecule has 12 N–H and O–H groups in total. The number of aliphatic hydroxyl groups excluding tert-OH is 11. The van der Waals surface area contributed by atoms with Crippen molar-refractivity contribution in [2.24, 2.45) is 0 Å². The maximum absolute atomic E-state index is 13.5. The first-order valence-corrected chi connectivity index (χ1v) is 41.5. The van der Waals surface area contributed by atoms with E-state index in [1.165, 1.54) is 244 Å². The molecule has 17 atom stereocenters. The highest BCUT2D eigenvalue weighted by Crippen LogP contribution is 2.33. The van der Waals surface area contributed by atoms with Gasteiger partial charge in [-0.05, 0) is 70.6 Å². The van der Waals surface area contributed by atoms with Crippen LogP contribution in [0.4, 0.5) is 0 Å². The standard InChI is InChI=1S/C83H151NO18/c1-3-5-7-9-11-13-15-17-19-21-23-25-27-29-30-31-32-33-34-35-36-37-39-41-43-45-47-49-51-53-55-57-59-61-71(89)84-66(67(88)60-58-56-54-52-50-48-46-44-42-40-38-28-26-24-22-20-18-16-14-12-10-8-6-4-2)65-97-81-77(95)74(92)79(69(63-86)99-81)102-83-78(96)75(93)80(70(64-87)100-83)101-82-76(94)73(91)72(90)68(62-85)98-82/h15,17,21,23,27,29,50,52,58,60,66-70,72-83,85-88,90-96H,3-14,16,18-20,22,24-26,28,30-49,51,53-57,59,61-65H2,1-2H3,(H,84,89)/b17-15-,23-21-,29-27-,52-50+,60-58+. The second kappa shape index (κ2) is 63.4. The van der Waals surface area contributed by atoms with Crippen LogP contribution in [0.2, 0.25) is 0 Å². The highest BCUT2D eigenvalue weighted by Gasteiger charge is 2.54. The van der Waals surface area contributed by atoms with Gasteiger partial charge in [-0.25, -0.2) is 0 Å². The maximum Gasteiger partial charge on any atom is 0.220 e. The van der Waals surface area contributed by atoms with Crippen LogP contribution in [0.15, 0.2) is 60.8 Å². The number of hydrogen-bond donors (Lipinski definition) is 12.